The first-order valence-electron chi connectivity index (χ1n) is 6.50. The maximum Gasteiger partial charge on any atom is 0.138 e. The van der Waals surface area contributed by atoms with E-state index < -0.39 is 0 Å². The second-order valence-electron chi connectivity index (χ2n) is 4.78. The first-order chi connectivity index (χ1) is 10.2. The lowest BCUT2D eigenvalue weighted by molar-refractivity contribution is 0.488. The lowest BCUT2D eigenvalue weighted by Gasteiger charge is -2.10. The molecule has 3 aromatic rings. The van der Waals surface area contributed by atoms with Crippen molar-refractivity contribution in [1.82, 2.24) is 4.98 Å². The molecular formula is C17H13N3O. The van der Waals surface area contributed by atoms with Crippen LogP contribution < -0.4 is 10.5 Å². The first kappa shape index (κ1) is 12.9. The van der Waals surface area contributed by atoms with Gasteiger partial charge in [-0.3, -0.25) is 4.98 Å². The molecule has 0 aliphatic carbocycles. The number of rotatable bonds is 2. The van der Waals surface area contributed by atoms with Crippen molar-refractivity contribution < 1.29 is 4.74 Å². The third-order valence-electron chi connectivity index (χ3n) is 3.28. The SMILES string of the molecule is Cc1cc2nccc(Oc3ccc(N)cc3)c2cc1C#N. The van der Waals surface area contributed by atoms with Gasteiger partial charge in [0.15, 0.2) is 0 Å². The van der Waals surface area contributed by atoms with Crippen LogP contribution in [-0.2, 0) is 0 Å². The molecule has 0 spiro atoms. The molecule has 2 N–H and O–H groups in total. The molecule has 0 unspecified atom stereocenters. The Bertz CT molecular complexity index is 848. The van der Waals surface area contributed by atoms with Gasteiger partial charge in [-0.1, -0.05) is 0 Å². The van der Waals surface area contributed by atoms with E-state index in [-0.39, 0.29) is 0 Å². The van der Waals surface area contributed by atoms with Crippen molar-refractivity contribution in [3.8, 4) is 17.6 Å². The lowest BCUT2D eigenvalue weighted by atomic mass is 10.1. The molecule has 0 amide bonds. The number of nitriles is 1. The van der Waals surface area contributed by atoms with Crippen LogP contribution in [-0.4, -0.2) is 4.98 Å². The van der Waals surface area contributed by atoms with Gasteiger partial charge in [0, 0.05) is 17.3 Å². The van der Waals surface area contributed by atoms with Gasteiger partial charge in [0.05, 0.1) is 17.1 Å². The highest BCUT2D eigenvalue weighted by Crippen LogP contribution is 2.30. The summed E-state index contributed by atoms with van der Waals surface area (Å²) in [6.07, 6.45) is 1.69. The zero-order chi connectivity index (χ0) is 14.8. The topological polar surface area (TPSA) is 71.9 Å². The normalized spacial score (nSPS) is 10.3. The van der Waals surface area contributed by atoms with E-state index in [1.165, 1.54) is 0 Å². The van der Waals surface area contributed by atoms with E-state index in [2.05, 4.69) is 11.1 Å². The number of hydrogen-bond donors (Lipinski definition) is 1. The quantitative estimate of drug-likeness (QED) is 0.722. The third-order valence-corrected chi connectivity index (χ3v) is 3.28. The number of nitrogens with zero attached hydrogens (tertiary/aromatic N) is 2. The minimum absolute atomic E-state index is 0.623. The van der Waals surface area contributed by atoms with E-state index in [4.69, 9.17) is 15.7 Å². The molecular weight excluding hydrogens is 262 g/mol. The number of benzene rings is 2. The summed E-state index contributed by atoms with van der Waals surface area (Å²) in [5, 5.41) is 9.98. The van der Waals surface area contributed by atoms with Crippen molar-refractivity contribution >= 4 is 16.6 Å². The maximum absolute atomic E-state index is 9.16. The van der Waals surface area contributed by atoms with Crippen LogP contribution in [0.4, 0.5) is 5.69 Å². The number of nitrogens with two attached hydrogens (primary N) is 1. The van der Waals surface area contributed by atoms with E-state index in [0.717, 1.165) is 16.5 Å². The van der Waals surface area contributed by atoms with Crippen LogP contribution in [0.1, 0.15) is 11.1 Å². The molecule has 4 heteroatoms. The van der Waals surface area contributed by atoms with Crippen LogP contribution in [0.2, 0.25) is 0 Å². The zero-order valence-electron chi connectivity index (χ0n) is 11.5. The summed E-state index contributed by atoms with van der Waals surface area (Å²) >= 11 is 0. The first-order valence-corrected chi connectivity index (χ1v) is 6.50. The molecule has 0 fully saturated rings. The van der Waals surface area contributed by atoms with E-state index in [1.54, 1.807) is 36.5 Å². The van der Waals surface area contributed by atoms with Crippen molar-refractivity contribution in [2.45, 2.75) is 6.92 Å². The van der Waals surface area contributed by atoms with Gasteiger partial charge in [-0.05, 0) is 55.0 Å². The largest absolute Gasteiger partial charge is 0.457 e. The molecule has 102 valence electrons. The number of aromatic nitrogens is 1. The van der Waals surface area contributed by atoms with Crippen molar-refractivity contribution in [3.63, 3.8) is 0 Å². The van der Waals surface area contributed by atoms with E-state index in [9.17, 15) is 0 Å². The van der Waals surface area contributed by atoms with Gasteiger partial charge in [-0.2, -0.15) is 5.26 Å². The van der Waals surface area contributed by atoms with Crippen molar-refractivity contribution in [2.75, 3.05) is 5.73 Å². The molecule has 0 aliphatic rings. The smallest absolute Gasteiger partial charge is 0.138 e. The van der Waals surface area contributed by atoms with Crippen molar-refractivity contribution in [3.05, 3.63) is 59.8 Å². The number of hydrogen-bond acceptors (Lipinski definition) is 4. The van der Waals surface area contributed by atoms with Gasteiger partial charge in [-0.15, -0.1) is 0 Å². The summed E-state index contributed by atoms with van der Waals surface area (Å²) in [6.45, 7) is 1.90. The molecule has 0 aliphatic heterocycles. The molecule has 0 radical (unpaired) electrons. The number of fused-ring (bicyclic) bond motifs is 1. The fraction of sp³-hybridized carbons (Fsp3) is 0.0588. The summed E-state index contributed by atoms with van der Waals surface area (Å²) in [5.41, 5.74) is 8.68. The van der Waals surface area contributed by atoms with Crippen LogP contribution >= 0.6 is 0 Å². The highest BCUT2D eigenvalue weighted by molar-refractivity contribution is 5.87. The fourth-order valence-corrected chi connectivity index (χ4v) is 2.14. The third kappa shape index (κ3) is 2.49. The minimum Gasteiger partial charge on any atom is -0.457 e. The van der Waals surface area contributed by atoms with E-state index >= 15 is 0 Å². The van der Waals surface area contributed by atoms with Crippen LogP contribution in [0.3, 0.4) is 0 Å². The molecule has 2 aromatic carbocycles. The average Bonchev–Trinajstić information content (AvgIpc) is 2.49. The molecule has 1 aromatic heterocycles. The van der Waals surface area contributed by atoms with E-state index in [0.29, 0.717) is 22.7 Å². The van der Waals surface area contributed by atoms with Crippen LogP contribution in [0.5, 0.6) is 11.5 Å². The number of ether oxygens (including phenoxy) is 1. The fourth-order valence-electron chi connectivity index (χ4n) is 2.14. The Balaban J connectivity index is 2.10. The monoisotopic (exact) mass is 275 g/mol. The standard InChI is InChI=1S/C17H13N3O/c1-11-8-16-15(9-12(11)10-18)17(6-7-20-16)21-14-4-2-13(19)3-5-14/h2-9H,19H2,1H3. The van der Waals surface area contributed by atoms with Crippen LogP contribution in [0.15, 0.2) is 48.7 Å². The van der Waals surface area contributed by atoms with Gasteiger partial charge in [0.2, 0.25) is 0 Å². The molecule has 21 heavy (non-hydrogen) atoms. The Labute approximate surface area is 122 Å². The molecule has 0 atom stereocenters. The highest BCUT2D eigenvalue weighted by atomic mass is 16.5. The summed E-state index contributed by atoms with van der Waals surface area (Å²) in [4.78, 5) is 4.32. The second-order valence-corrected chi connectivity index (χ2v) is 4.78. The number of aryl methyl sites for hydroxylation is 1. The maximum atomic E-state index is 9.16. The molecule has 0 saturated heterocycles. The van der Waals surface area contributed by atoms with Gasteiger partial charge < -0.3 is 10.5 Å². The molecule has 0 saturated carbocycles. The summed E-state index contributed by atoms with van der Waals surface area (Å²) in [6, 6.07) is 14.9. The average molecular weight is 275 g/mol. The molecule has 1 heterocycles. The number of nitrogen functional groups attached to an aromatic ring is 1. The van der Waals surface area contributed by atoms with Crippen LogP contribution in [0, 0.1) is 18.3 Å². The van der Waals surface area contributed by atoms with Crippen molar-refractivity contribution in [2.24, 2.45) is 0 Å². The van der Waals surface area contributed by atoms with E-state index in [1.807, 2.05) is 19.1 Å². The Morgan fingerprint density at radius 3 is 2.62 bits per heavy atom. The minimum atomic E-state index is 0.623. The predicted octanol–water partition coefficient (Wildman–Crippen LogP) is 3.79. The predicted molar refractivity (Wildman–Crippen MR) is 82.1 cm³/mol. The summed E-state index contributed by atoms with van der Waals surface area (Å²) < 4.78 is 5.88. The number of anilines is 1. The Hall–Kier alpha value is -3.06. The van der Waals surface area contributed by atoms with Gasteiger partial charge in [0.1, 0.15) is 11.5 Å². The highest BCUT2D eigenvalue weighted by Gasteiger charge is 2.08. The Morgan fingerprint density at radius 1 is 1.14 bits per heavy atom. The summed E-state index contributed by atoms with van der Waals surface area (Å²) in [7, 11) is 0. The molecule has 3 rings (SSSR count). The van der Waals surface area contributed by atoms with Crippen molar-refractivity contribution in [1.29, 1.82) is 5.26 Å². The Morgan fingerprint density at radius 2 is 1.90 bits per heavy atom. The number of pyridine rings is 1. The zero-order valence-corrected chi connectivity index (χ0v) is 11.5. The Kier molecular flexibility index (Phi) is 3.17. The van der Waals surface area contributed by atoms with Gasteiger partial charge >= 0.3 is 0 Å². The molecule has 0 bridgehead atoms. The lowest BCUT2D eigenvalue weighted by Crippen LogP contribution is -1.91. The summed E-state index contributed by atoms with van der Waals surface area (Å²) in [5.74, 6) is 1.36. The van der Waals surface area contributed by atoms with Crippen LogP contribution in [0.25, 0.3) is 10.9 Å². The molecule has 4 nitrogen and oxygen atoms in total. The van der Waals surface area contributed by atoms with Gasteiger partial charge in [-0.25, -0.2) is 0 Å². The van der Waals surface area contributed by atoms with Gasteiger partial charge in [0.25, 0.3) is 0 Å². The second kappa shape index (κ2) is 5.14.